The first-order chi connectivity index (χ1) is 12.0. The first kappa shape index (κ1) is 17.0. The smallest absolute Gasteiger partial charge is 0.261 e. The fraction of sp³-hybridized carbons (Fsp3) is 0.227. The van der Waals surface area contributed by atoms with Gasteiger partial charge in [0.1, 0.15) is 5.75 Å². The van der Waals surface area contributed by atoms with Crippen molar-refractivity contribution >= 4 is 16.7 Å². The summed E-state index contributed by atoms with van der Waals surface area (Å²) < 4.78 is 5.80. The Morgan fingerprint density at radius 2 is 1.68 bits per heavy atom. The third-order valence-corrected chi connectivity index (χ3v) is 4.21. The third kappa shape index (κ3) is 4.18. The van der Waals surface area contributed by atoms with E-state index < -0.39 is 6.10 Å². The van der Waals surface area contributed by atoms with Crippen LogP contribution in [0.2, 0.25) is 0 Å². The maximum Gasteiger partial charge on any atom is 0.261 e. The fourth-order valence-corrected chi connectivity index (χ4v) is 3.03. The number of amides is 1. The molecule has 0 saturated carbocycles. The van der Waals surface area contributed by atoms with E-state index in [2.05, 4.69) is 29.6 Å². The number of rotatable bonds is 5. The highest BCUT2D eigenvalue weighted by atomic mass is 16.5. The number of hydrogen-bond donors (Lipinski definition) is 1. The van der Waals surface area contributed by atoms with Crippen molar-refractivity contribution in [1.29, 1.82) is 0 Å². The maximum absolute atomic E-state index is 12.4. The lowest BCUT2D eigenvalue weighted by Crippen LogP contribution is -2.35. The van der Waals surface area contributed by atoms with Crippen LogP contribution in [0.3, 0.4) is 0 Å². The van der Waals surface area contributed by atoms with Gasteiger partial charge in [0.25, 0.3) is 5.91 Å². The Labute approximate surface area is 148 Å². The number of fused-ring (bicyclic) bond motifs is 1. The van der Waals surface area contributed by atoms with E-state index in [1.165, 1.54) is 5.39 Å². The summed E-state index contributed by atoms with van der Waals surface area (Å²) in [6, 6.07) is 20.3. The van der Waals surface area contributed by atoms with Gasteiger partial charge in [-0.15, -0.1) is 0 Å². The second kappa shape index (κ2) is 7.39. The Hall–Kier alpha value is -2.81. The number of hydrogen-bond acceptors (Lipinski definition) is 2. The molecule has 3 aromatic rings. The van der Waals surface area contributed by atoms with E-state index in [1.807, 2.05) is 50.2 Å². The molecule has 0 aliphatic carbocycles. The molecule has 0 fully saturated rings. The Bertz CT molecular complexity index is 876. The summed E-state index contributed by atoms with van der Waals surface area (Å²) in [5.41, 5.74) is 3.35. The van der Waals surface area contributed by atoms with Crippen molar-refractivity contribution in [3.63, 3.8) is 0 Å². The molecule has 0 bridgehead atoms. The molecule has 0 aliphatic heterocycles. The molecule has 0 aromatic heterocycles. The van der Waals surface area contributed by atoms with Crippen LogP contribution >= 0.6 is 0 Å². The summed E-state index contributed by atoms with van der Waals surface area (Å²) in [4.78, 5) is 12.4. The van der Waals surface area contributed by atoms with Gasteiger partial charge in [-0.05, 0) is 60.4 Å². The lowest BCUT2D eigenvalue weighted by Gasteiger charge is -2.16. The lowest BCUT2D eigenvalue weighted by molar-refractivity contribution is -0.127. The minimum absolute atomic E-state index is 0.118. The first-order valence-electron chi connectivity index (χ1n) is 8.52. The second-order valence-corrected chi connectivity index (χ2v) is 6.44. The van der Waals surface area contributed by atoms with Crippen LogP contribution in [0.1, 0.15) is 23.6 Å². The minimum atomic E-state index is -0.545. The SMILES string of the molecule is Cc1cc(C)cc(O[C@@H](C)C(=O)NCc2cccc3ccccc23)c1. The normalized spacial score (nSPS) is 12.0. The Morgan fingerprint density at radius 3 is 2.44 bits per heavy atom. The molecule has 0 heterocycles. The van der Waals surface area contributed by atoms with Crippen molar-refractivity contribution in [3.8, 4) is 5.75 Å². The number of carbonyl (C=O) groups excluding carboxylic acids is 1. The zero-order valence-corrected chi connectivity index (χ0v) is 14.9. The summed E-state index contributed by atoms with van der Waals surface area (Å²) >= 11 is 0. The average molecular weight is 333 g/mol. The average Bonchev–Trinajstić information content (AvgIpc) is 2.58. The van der Waals surface area contributed by atoms with Crippen LogP contribution in [0, 0.1) is 13.8 Å². The van der Waals surface area contributed by atoms with Crippen molar-refractivity contribution < 1.29 is 9.53 Å². The molecule has 128 valence electrons. The molecule has 1 N–H and O–H groups in total. The number of benzene rings is 3. The molecule has 0 unspecified atom stereocenters. The summed E-state index contributed by atoms with van der Waals surface area (Å²) in [5, 5.41) is 5.31. The van der Waals surface area contributed by atoms with E-state index in [0.29, 0.717) is 6.54 Å². The molecule has 25 heavy (non-hydrogen) atoms. The molecular formula is C22H23NO2. The Morgan fingerprint density at radius 1 is 1.00 bits per heavy atom. The predicted octanol–water partition coefficient (Wildman–Crippen LogP) is 4.54. The van der Waals surface area contributed by atoms with Crippen LogP contribution in [-0.2, 0) is 11.3 Å². The van der Waals surface area contributed by atoms with E-state index in [1.54, 1.807) is 6.92 Å². The summed E-state index contributed by atoms with van der Waals surface area (Å²) in [5.74, 6) is 0.609. The van der Waals surface area contributed by atoms with E-state index in [-0.39, 0.29) is 5.91 Å². The van der Waals surface area contributed by atoms with Crippen molar-refractivity contribution in [2.45, 2.75) is 33.4 Å². The molecule has 3 nitrogen and oxygen atoms in total. The van der Waals surface area contributed by atoms with Gasteiger partial charge < -0.3 is 10.1 Å². The molecule has 0 radical (unpaired) electrons. The number of carbonyl (C=O) groups is 1. The van der Waals surface area contributed by atoms with Crippen LogP contribution in [0.15, 0.2) is 60.7 Å². The van der Waals surface area contributed by atoms with Crippen LogP contribution < -0.4 is 10.1 Å². The van der Waals surface area contributed by atoms with Gasteiger partial charge in [0.2, 0.25) is 0 Å². The van der Waals surface area contributed by atoms with Crippen molar-refractivity contribution in [3.05, 3.63) is 77.4 Å². The quantitative estimate of drug-likeness (QED) is 0.744. The van der Waals surface area contributed by atoms with E-state index in [9.17, 15) is 4.79 Å². The third-order valence-electron chi connectivity index (χ3n) is 4.21. The molecule has 3 rings (SSSR count). The monoisotopic (exact) mass is 333 g/mol. The number of ether oxygens (including phenoxy) is 1. The largest absolute Gasteiger partial charge is 0.481 e. The van der Waals surface area contributed by atoms with Crippen molar-refractivity contribution in [2.75, 3.05) is 0 Å². The topological polar surface area (TPSA) is 38.3 Å². The van der Waals surface area contributed by atoms with E-state index >= 15 is 0 Å². The molecule has 1 atom stereocenters. The van der Waals surface area contributed by atoms with Gasteiger partial charge in [0, 0.05) is 6.54 Å². The van der Waals surface area contributed by atoms with E-state index in [4.69, 9.17) is 4.74 Å². The molecule has 1 amide bonds. The van der Waals surface area contributed by atoms with Gasteiger partial charge in [0.05, 0.1) is 0 Å². The summed E-state index contributed by atoms with van der Waals surface area (Å²) in [7, 11) is 0. The molecular weight excluding hydrogens is 310 g/mol. The first-order valence-corrected chi connectivity index (χ1v) is 8.52. The minimum Gasteiger partial charge on any atom is -0.481 e. The van der Waals surface area contributed by atoms with Gasteiger partial charge in [-0.25, -0.2) is 0 Å². The molecule has 0 saturated heterocycles. The molecule has 0 spiro atoms. The Balaban J connectivity index is 1.65. The van der Waals surface area contributed by atoms with E-state index in [0.717, 1.165) is 27.8 Å². The predicted molar refractivity (Wildman–Crippen MR) is 102 cm³/mol. The summed E-state index contributed by atoms with van der Waals surface area (Å²) in [6.07, 6.45) is -0.545. The molecule has 3 heteroatoms. The van der Waals surface area contributed by atoms with Gasteiger partial charge in [-0.1, -0.05) is 48.5 Å². The molecule has 0 aliphatic rings. The zero-order valence-electron chi connectivity index (χ0n) is 14.9. The number of nitrogens with one attached hydrogen (secondary N) is 1. The van der Waals surface area contributed by atoms with Crippen LogP contribution in [0.25, 0.3) is 10.8 Å². The summed E-state index contributed by atoms with van der Waals surface area (Å²) in [6.45, 7) is 6.30. The highest BCUT2D eigenvalue weighted by molar-refractivity contribution is 5.86. The van der Waals surface area contributed by atoms with Gasteiger partial charge >= 0.3 is 0 Å². The van der Waals surface area contributed by atoms with Crippen molar-refractivity contribution in [1.82, 2.24) is 5.32 Å². The van der Waals surface area contributed by atoms with Crippen molar-refractivity contribution in [2.24, 2.45) is 0 Å². The van der Waals surface area contributed by atoms with Crippen LogP contribution in [0.4, 0.5) is 0 Å². The molecule has 3 aromatic carbocycles. The zero-order chi connectivity index (χ0) is 17.8. The Kier molecular flexibility index (Phi) is 5.03. The fourth-order valence-electron chi connectivity index (χ4n) is 3.03. The maximum atomic E-state index is 12.4. The van der Waals surface area contributed by atoms with Crippen LogP contribution in [0.5, 0.6) is 5.75 Å². The second-order valence-electron chi connectivity index (χ2n) is 6.44. The standard InChI is InChI=1S/C22H23NO2/c1-15-11-16(2)13-20(12-15)25-17(3)22(24)23-14-19-9-6-8-18-7-4-5-10-21(18)19/h4-13,17H,14H2,1-3H3,(H,23,24)/t17-/m0/s1. The van der Waals surface area contributed by atoms with Gasteiger partial charge in [-0.2, -0.15) is 0 Å². The lowest BCUT2D eigenvalue weighted by atomic mass is 10.0. The highest BCUT2D eigenvalue weighted by Crippen LogP contribution is 2.19. The number of aryl methyl sites for hydroxylation is 2. The highest BCUT2D eigenvalue weighted by Gasteiger charge is 2.15. The van der Waals surface area contributed by atoms with Gasteiger partial charge in [-0.3, -0.25) is 4.79 Å². The van der Waals surface area contributed by atoms with Gasteiger partial charge in [0.15, 0.2) is 6.10 Å². The van der Waals surface area contributed by atoms with Crippen LogP contribution in [-0.4, -0.2) is 12.0 Å².